The first kappa shape index (κ1) is 26.1. The molecule has 0 heterocycles. The summed E-state index contributed by atoms with van der Waals surface area (Å²) in [5.41, 5.74) is 0. The van der Waals surface area contributed by atoms with Crippen molar-refractivity contribution in [1.82, 2.24) is 0 Å². The summed E-state index contributed by atoms with van der Waals surface area (Å²) in [5.74, 6) is 1.15. The van der Waals surface area contributed by atoms with Crippen molar-refractivity contribution in [2.75, 3.05) is 0 Å². The Labute approximate surface area is 231 Å². The molecule has 0 aromatic heterocycles. The van der Waals surface area contributed by atoms with Gasteiger partial charge in [-0.25, -0.2) is 9.13 Å². The van der Waals surface area contributed by atoms with Gasteiger partial charge in [0.1, 0.15) is 23.0 Å². The molecule has 35 heavy (non-hydrogen) atoms. The summed E-state index contributed by atoms with van der Waals surface area (Å²) in [7, 11) is -8.60. The average Bonchev–Trinajstić information content (AvgIpc) is 2.86. The van der Waals surface area contributed by atoms with Crippen molar-refractivity contribution in [3.63, 3.8) is 0 Å². The van der Waals surface area contributed by atoms with Gasteiger partial charge in [-0.05, 0) is 93.7 Å². The monoisotopic (exact) mass is 732 g/mol. The van der Waals surface area contributed by atoms with Gasteiger partial charge in [-0.15, -0.1) is 0 Å². The maximum Gasteiger partial charge on any atom is 0.471 e. The lowest BCUT2D eigenvalue weighted by Gasteiger charge is -2.34. The maximum atomic E-state index is 14.6. The molecule has 0 N–H and O–H groups in total. The van der Waals surface area contributed by atoms with E-state index in [2.05, 4.69) is 0 Å². The molecule has 0 unspecified atom stereocenters. The predicted octanol–water partition coefficient (Wildman–Crippen LogP) is 9.17. The average molecular weight is 732 g/mol. The first-order chi connectivity index (χ1) is 16.8. The zero-order valence-electron chi connectivity index (χ0n) is 18.1. The van der Waals surface area contributed by atoms with Crippen LogP contribution in [0.3, 0.4) is 0 Å². The van der Waals surface area contributed by atoms with Crippen molar-refractivity contribution in [3.8, 4) is 23.0 Å². The second-order valence-corrected chi connectivity index (χ2v) is 20.3. The fourth-order valence-corrected chi connectivity index (χ4v) is 9.05. The largest absolute Gasteiger partial charge is 0.471 e. The van der Waals surface area contributed by atoms with E-state index < -0.39 is 16.1 Å². The number of hydrogen-bond donors (Lipinski definition) is 0. The van der Waals surface area contributed by atoms with Crippen LogP contribution in [-0.2, 0) is 9.13 Å². The summed E-state index contributed by atoms with van der Waals surface area (Å²) in [6.45, 7) is 0. The quantitative estimate of drug-likeness (QED) is 0.0921. The first-order valence-corrected chi connectivity index (χ1v) is 15.6. The zero-order chi connectivity index (χ0) is 24.8. The van der Waals surface area contributed by atoms with E-state index in [4.69, 9.17) is 18.1 Å². The Morgan fingerprint density at radius 3 is 0.829 bits per heavy atom. The van der Waals surface area contributed by atoms with Gasteiger partial charge in [0.2, 0.25) is 0 Å². The Bertz CT molecular complexity index is 1130. The molecule has 0 fully saturated rings. The molecule has 0 atom stereocenters. The van der Waals surface area contributed by atoms with Crippen LogP contribution >= 0.6 is 60.4 Å². The molecule has 0 amide bonds. The summed E-state index contributed by atoms with van der Waals surface area (Å²) in [6, 6.07) is 34.3. The fraction of sp³-hybridized carbons (Fsp3) is 0.0400. The van der Waals surface area contributed by atoms with Gasteiger partial charge in [-0.2, -0.15) is 0 Å². The highest BCUT2D eigenvalue weighted by atomic mass is 127. The lowest BCUT2D eigenvalue weighted by molar-refractivity contribution is 0.366. The molecule has 0 bridgehead atoms. The number of alkyl halides is 2. The lowest BCUT2D eigenvalue weighted by Crippen LogP contribution is -2.25. The Morgan fingerprint density at radius 1 is 0.429 bits per heavy atom. The van der Waals surface area contributed by atoms with Gasteiger partial charge in [0.25, 0.3) is 0 Å². The van der Waals surface area contributed by atoms with E-state index in [9.17, 15) is 9.13 Å². The van der Waals surface area contributed by atoms with Gasteiger partial charge >= 0.3 is 16.1 Å². The second kappa shape index (κ2) is 11.4. The van der Waals surface area contributed by atoms with Gasteiger partial charge in [0.05, 0.1) is 0 Å². The van der Waals surface area contributed by atoms with E-state index in [0.717, 1.165) is 0 Å². The number of rotatable bonds is 10. The third-order valence-corrected chi connectivity index (χ3v) is 16.2. The third kappa shape index (κ3) is 6.23. The lowest BCUT2D eigenvalue weighted by atomic mass is 10.3. The second-order valence-electron chi connectivity index (χ2n) is 7.12. The number of halogens is 2. The SMILES string of the molecule is O=P(Oc1ccccc1)(Oc1ccccc1)C(I)(I)P(=O)(Oc1ccccc1)Oc1ccccc1. The Morgan fingerprint density at radius 2 is 0.629 bits per heavy atom. The van der Waals surface area contributed by atoms with Crippen LogP contribution in [0.25, 0.3) is 0 Å². The molecule has 0 spiro atoms. The van der Waals surface area contributed by atoms with Gasteiger partial charge in [-0.3, -0.25) is 0 Å². The van der Waals surface area contributed by atoms with E-state index in [1.165, 1.54) is 0 Å². The van der Waals surface area contributed by atoms with Gasteiger partial charge in [0, 0.05) is 0 Å². The highest BCUT2D eigenvalue weighted by molar-refractivity contribution is 14.2. The molecular formula is C25H20I2O6P2. The highest BCUT2D eigenvalue weighted by Crippen LogP contribution is 2.82. The van der Waals surface area contributed by atoms with Gasteiger partial charge < -0.3 is 18.1 Å². The zero-order valence-corrected chi connectivity index (χ0v) is 24.3. The Balaban J connectivity index is 1.82. The fourth-order valence-electron chi connectivity index (χ4n) is 2.89. The summed E-state index contributed by atoms with van der Waals surface area (Å²) >= 11 is 3.60. The molecule has 10 heteroatoms. The number of benzene rings is 4. The molecule has 0 aliphatic carbocycles. The highest BCUT2D eigenvalue weighted by Gasteiger charge is 2.67. The van der Waals surface area contributed by atoms with E-state index in [1.807, 2.05) is 0 Å². The molecule has 0 saturated heterocycles. The first-order valence-electron chi connectivity index (χ1n) is 10.4. The van der Waals surface area contributed by atoms with E-state index in [0.29, 0.717) is 0 Å². The minimum Gasteiger partial charge on any atom is -0.414 e. The molecule has 6 nitrogen and oxygen atoms in total. The summed E-state index contributed by atoms with van der Waals surface area (Å²) in [6.07, 6.45) is 0. The van der Waals surface area contributed by atoms with Crippen LogP contribution in [0.2, 0.25) is 0 Å². The Hall–Kier alpha value is -2.00. The molecule has 0 aliphatic rings. The van der Waals surface area contributed by atoms with E-state index in [-0.39, 0.29) is 23.0 Å². The molecule has 180 valence electrons. The van der Waals surface area contributed by atoms with Gasteiger partial charge in [-0.1, -0.05) is 72.8 Å². The summed E-state index contributed by atoms with van der Waals surface area (Å²) in [5, 5.41) is 0. The molecule has 0 saturated carbocycles. The van der Waals surface area contributed by atoms with Crippen LogP contribution < -0.4 is 18.1 Å². The predicted molar refractivity (Wildman–Crippen MR) is 154 cm³/mol. The summed E-state index contributed by atoms with van der Waals surface area (Å²) < 4.78 is 51.3. The van der Waals surface area contributed by atoms with Crippen LogP contribution in [0, 0.1) is 0 Å². The summed E-state index contributed by atoms with van der Waals surface area (Å²) in [4.78, 5) is 0. The van der Waals surface area contributed by atoms with Crippen molar-refractivity contribution in [1.29, 1.82) is 0 Å². The topological polar surface area (TPSA) is 71.1 Å². The Kier molecular flexibility index (Phi) is 8.47. The molecular weight excluding hydrogens is 712 g/mol. The van der Waals surface area contributed by atoms with Crippen molar-refractivity contribution >= 4 is 60.4 Å². The molecule has 4 aromatic rings. The van der Waals surface area contributed by atoms with Crippen molar-refractivity contribution in [2.45, 2.75) is 0.911 Å². The van der Waals surface area contributed by atoms with Crippen molar-refractivity contribution < 1.29 is 27.2 Å². The van der Waals surface area contributed by atoms with Gasteiger partial charge in [0.15, 0.2) is 0 Å². The van der Waals surface area contributed by atoms with Crippen LogP contribution in [0.4, 0.5) is 0 Å². The minimum absolute atomic E-state index is 0.287. The van der Waals surface area contributed by atoms with Crippen LogP contribution in [0.15, 0.2) is 121 Å². The smallest absolute Gasteiger partial charge is 0.414 e. The van der Waals surface area contributed by atoms with Crippen molar-refractivity contribution in [2.24, 2.45) is 0 Å². The molecule has 4 rings (SSSR count). The standard InChI is InChI=1S/C25H20I2O6P2/c26-25(27,34(28,30-21-13-5-1-6-14-21)31-22-15-7-2-8-16-22)35(29,32-23-17-9-3-10-18-23)33-24-19-11-4-12-20-24/h1-20H. The molecule has 4 aromatic carbocycles. The minimum atomic E-state index is -4.30. The molecule has 0 aliphatic heterocycles. The van der Waals surface area contributed by atoms with E-state index >= 15 is 0 Å². The van der Waals surface area contributed by atoms with Crippen LogP contribution in [0.1, 0.15) is 0 Å². The number of para-hydroxylation sites is 4. The van der Waals surface area contributed by atoms with Crippen LogP contribution in [0.5, 0.6) is 23.0 Å². The van der Waals surface area contributed by atoms with Crippen LogP contribution in [-0.4, -0.2) is 0.911 Å². The third-order valence-electron chi connectivity index (χ3n) is 4.53. The maximum absolute atomic E-state index is 14.6. The normalized spacial score (nSPS) is 11.9. The molecule has 0 radical (unpaired) electrons. The van der Waals surface area contributed by atoms with E-state index in [1.54, 1.807) is 167 Å². The van der Waals surface area contributed by atoms with Crippen molar-refractivity contribution in [3.05, 3.63) is 121 Å². The number of hydrogen-bond acceptors (Lipinski definition) is 6.